The average molecular weight is 252 g/mol. The van der Waals surface area contributed by atoms with Crippen LogP contribution < -0.4 is 17.0 Å². The van der Waals surface area contributed by atoms with Crippen molar-refractivity contribution in [3.8, 4) is 0 Å². The monoisotopic (exact) mass is 252 g/mol. The van der Waals surface area contributed by atoms with Crippen molar-refractivity contribution in [1.29, 1.82) is 0 Å². The molecule has 0 bridgehead atoms. The lowest BCUT2D eigenvalue weighted by molar-refractivity contribution is -0.151. The van der Waals surface area contributed by atoms with Crippen LogP contribution in [0.4, 0.5) is 0 Å². The molecule has 96 valence electrons. The van der Waals surface area contributed by atoms with Crippen LogP contribution in [-0.2, 0) is 23.2 Å². The van der Waals surface area contributed by atoms with Crippen molar-refractivity contribution < 1.29 is 9.63 Å². The lowest BCUT2D eigenvalue weighted by Crippen LogP contribution is -2.28. The second-order valence-corrected chi connectivity index (χ2v) is 3.59. The molecular formula is C9H12N6O3. The molecule has 0 aliphatic carbocycles. The van der Waals surface area contributed by atoms with E-state index in [2.05, 4.69) is 14.9 Å². The molecule has 9 nitrogen and oxygen atoms in total. The van der Waals surface area contributed by atoms with Crippen molar-refractivity contribution in [2.75, 3.05) is 0 Å². The largest absolute Gasteiger partial charge is 0.356 e. The summed E-state index contributed by atoms with van der Waals surface area (Å²) in [4.78, 5) is 31.5. The van der Waals surface area contributed by atoms with Gasteiger partial charge in [-0.25, -0.2) is 10.8 Å². The van der Waals surface area contributed by atoms with Crippen molar-refractivity contribution in [1.82, 2.24) is 24.9 Å². The molecule has 0 fully saturated rings. The highest BCUT2D eigenvalue weighted by Crippen LogP contribution is 2.03. The van der Waals surface area contributed by atoms with Gasteiger partial charge in [-0.2, -0.15) is 5.10 Å². The fourth-order valence-electron chi connectivity index (χ4n) is 1.55. The van der Waals surface area contributed by atoms with E-state index < -0.39 is 5.97 Å². The molecule has 9 heteroatoms. The van der Waals surface area contributed by atoms with Gasteiger partial charge in [0.15, 0.2) is 5.65 Å². The second kappa shape index (κ2) is 4.94. The number of carbonyl (C=O) groups is 1. The van der Waals surface area contributed by atoms with Gasteiger partial charge >= 0.3 is 5.97 Å². The number of hydrogen-bond acceptors (Lipinski definition) is 7. The van der Waals surface area contributed by atoms with Crippen molar-refractivity contribution in [2.24, 2.45) is 12.9 Å². The molecule has 0 aliphatic rings. The van der Waals surface area contributed by atoms with E-state index in [4.69, 9.17) is 5.84 Å². The van der Waals surface area contributed by atoms with Crippen molar-refractivity contribution in [2.45, 2.75) is 13.0 Å². The second-order valence-electron chi connectivity index (χ2n) is 3.59. The van der Waals surface area contributed by atoms with Gasteiger partial charge in [0.2, 0.25) is 0 Å². The fourth-order valence-corrected chi connectivity index (χ4v) is 1.55. The fraction of sp³-hybridized carbons (Fsp3) is 0.333. The minimum Gasteiger partial charge on any atom is -0.356 e. The Kier molecular flexibility index (Phi) is 3.35. The van der Waals surface area contributed by atoms with E-state index in [-0.39, 0.29) is 18.5 Å². The van der Waals surface area contributed by atoms with Gasteiger partial charge < -0.3 is 4.84 Å². The van der Waals surface area contributed by atoms with E-state index in [9.17, 15) is 9.59 Å². The average Bonchev–Trinajstić information content (AvgIpc) is 2.72. The summed E-state index contributed by atoms with van der Waals surface area (Å²) in [5, 5.41) is 4.35. The van der Waals surface area contributed by atoms with Gasteiger partial charge in [0.05, 0.1) is 18.9 Å². The molecule has 3 N–H and O–H groups in total. The van der Waals surface area contributed by atoms with E-state index in [1.807, 2.05) is 0 Å². The summed E-state index contributed by atoms with van der Waals surface area (Å²) in [6.45, 7) is 0.164. The van der Waals surface area contributed by atoms with Crippen LogP contribution in [0.15, 0.2) is 17.3 Å². The maximum absolute atomic E-state index is 12.0. The summed E-state index contributed by atoms with van der Waals surface area (Å²) in [7, 11) is 1.70. The van der Waals surface area contributed by atoms with E-state index in [0.717, 1.165) is 0 Å². The van der Waals surface area contributed by atoms with Gasteiger partial charge in [-0.3, -0.25) is 18.8 Å². The minimum atomic E-state index is -0.560. The lowest BCUT2D eigenvalue weighted by atomic mass is 10.4. The number of aromatic nitrogens is 4. The molecule has 0 saturated heterocycles. The normalized spacial score (nSPS) is 10.8. The van der Waals surface area contributed by atoms with Crippen molar-refractivity contribution in [3.63, 3.8) is 0 Å². The van der Waals surface area contributed by atoms with Crippen molar-refractivity contribution in [3.05, 3.63) is 22.9 Å². The van der Waals surface area contributed by atoms with Crippen LogP contribution in [0.1, 0.15) is 6.42 Å². The van der Waals surface area contributed by atoms with Gasteiger partial charge in [-0.15, -0.1) is 0 Å². The van der Waals surface area contributed by atoms with Gasteiger partial charge in [0, 0.05) is 13.6 Å². The molecule has 0 atom stereocenters. The summed E-state index contributed by atoms with van der Waals surface area (Å²) >= 11 is 0. The van der Waals surface area contributed by atoms with Crippen LogP contribution in [0, 0.1) is 0 Å². The predicted molar refractivity (Wildman–Crippen MR) is 60.8 cm³/mol. The van der Waals surface area contributed by atoms with E-state index >= 15 is 0 Å². The highest BCUT2D eigenvalue weighted by Gasteiger charge is 2.09. The number of nitrogens with one attached hydrogen (secondary N) is 1. The number of nitrogens with two attached hydrogens (primary N) is 1. The van der Waals surface area contributed by atoms with Crippen LogP contribution >= 0.6 is 0 Å². The quantitative estimate of drug-likeness (QED) is 0.499. The van der Waals surface area contributed by atoms with Crippen LogP contribution in [0.25, 0.3) is 11.0 Å². The standard InChI is InChI=1S/C9H12N6O3/c1-14-8-6(4-12-14)9(17)15(5-11-8)3-2-7(16)18-13-10/h4-5,13H,2-3,10H2,1H3. The molecular weight excluding hydrogens is 240 g/mol. The van der Waals surface area contributed by atoms with Crippen LogP contribution in [0.5, 0.6) is 0 Å². The van der Waals surface area contributed by atoms with Crippen LogP contribution in [0.2, 0.25) is 0 Å². The van der Waals surface area contributed by atoms with Gasteiger partial charge in [0.25, 0.3) is 5.56 Å². The zero-order valence-electron chi connectivity index (χ0n) is 9.66. The Bertz CT molecular complexity index is 631. The molecule has 2 aromatic heterocycles. The molecule has 0 aromatic carbocycles. The third-order valence-electron chi connectivity index (χ3n) is 2.45. The lowest BCUT2D eigenvalue weighted by Gasteiger charge is -2.04. The highest BCUT2D eigenvalue weighted by atomic mass is 16.7. The van der Waals surface area contributed by atoms with Crippen LogP contribution in [0.3, 0.4) is 0 Å². The zero-order chi connectivity index (χ0) is 13.1. The van der Waals surface area contributed by atoms with Crippen molar-refractivity contribution >= 4 is 17.0 Å². The van der Waals surface area contributed by atoms with E-state index in [1.54, 1.807) is 12.6 Å². The first kappa shape index (κ1) is 12.2. The third-order valence-corrected chi connectivity index (χ3v) is 2.45. The first-order valence-corrected chi connectivity index (χ1v) is 5.16. The number of hydrogen-bond donors (Lipinski definition) is 2. The van der Waals surface area contributed by atoms with E-state index in [0.29, 0.717) is 11.0 Å². The Morgan fingerprint density at radius 2 is 2.39 bits per heavy atom. The molecule has 2 aromatic rings. The molecule has 0 unspecified atom stereocenters. The Labute approximate surface area is 101 Å². The summed E-state index contributed by atoms with van der Waals surface area (Å²) < 4.78 is 2.83. The predicted octanol–water partition coefficient (Wildman–Crippen LogP) is -1.56. The summed E-state index contributed by atoms with van der Waals surface area (Å²) in [5.41, 5.74) is 2.04. The van der Waals surface area contributed by atoms with Gasteiger partial charge in [-0.1, -0.05) is 5.59 Å². The summed E-state index contributed by atoms with van der Waals surface area (Å²) in [6.07, 6.45) is 2.83. The summed E-state index contributed by atoms with van der Waals surface area (Å²) in [5.74, 6) is 4.26. The molecule has 0 radical (unpaired) electrons. The molecule has 2 heterocycles. The summed E-state index contributed by atoms with van der Waals surface area (Å²) in [6, 6.07) is 0. The first-order chi connectivity index (χ1) is 8.63. The van der Waals surface area contributed by atoms with Gasteiger partial charge in [0.1, 0.15) is 5.39 Å². The Morgan fingerprint density at radius 1 is 1.61 bits per heavy atom. The molecule has 18 heavy (non-hydrogen) atoms. The smallest absolute Gasteiger partial charge is 0.328 e. The Hall–Kier alpha value is -2.26. The number of nitrogens with zero attached hydrogens (tertiary/aromatic N) is 4. The Balaban J connectivity index is 2.22. The zero-order valence-corrected chi connectivity index (χ0v) is 9.66. The molecule has 0 amide bonds. The topological polar surface area (TPSA) is 117 Å². The third kappa shape index (κ3) is 2.21. The number of rotatable bonds is 4. The maximum Gasteiger partial charge on any atom is 0.328 e. The van der Waals surface area contributed by atoms with E-state index in [1.165, 1.54) is 21.8 Å². The molecule has 0 saturated carbocycles. The minimum absolute atomic E-state index is 0.0115. The number of carbonyl (C=O) groups excluding carboxylic acids is 1. The number of fused-ring (bicyclic) bond motifs is 1. The first-order valence-electron chi connectivity index (χ1n) is 5.16. The number of hydrazine groups is 1. The highest BCUT2D eigenvalue weighted by molar-refractivity contribution is 5.73. The SMILES string of the molecule is Cn1ncc2c(=O)n(CCC(=O)ONN)cnc21. The Morgan fingerprint density at radius 3 is 3.11 bits per heavy atom. The molecule has 0 aliphatic heterocycles. The molecule has 0 spiro atoms. The van der Waals surface area contributed by atoms with Crippen LogP contribution in [-0.4, -0.2) is 25.3 Å². The maximum atomic E-state index is 12.0. The number of aryl methyl sites for hydroxylation is 2. The van der Waals surface area contributed by atoms with Gasteiger partial charge in [-0.05, 0) is 0 Å². The molecule has 2 rings (SSSR count).